The molecule has 14 nitrogen and oxygen atoms in total. The summed E-state index contributed by atoms with van der Waals surface area (Å²) >= 11 is 0. The summed E-state index contributed by atoms with van der Waals surface area (Å²) in [4.78, 5) is 0. The number of hydrogen-bond acceptors (Lipinski definition) is 14. The van der Waals surface area contributed by atoms with Crippen molar-refractivity contribution in [1.29, 1.82) is 0 Å². The van der Waals surface area contributed by atoms with Gasteiger partial charge in [-0.05, 0) is 5.56 Å². The molecule has 0 aromatic heterocycles. The van der Waals surface area contributed by atoms with E-state index in [1.165, 1.54) is 0 Å². The maximum atomic E-state index is 10.9. The molecule has 8 N–H and O–H groups in total. The molecule has 37 heavy (non-hydrogen) atoms. The third kappa shape index (κ3) is 6.29. The Bertz CT molecular complexity index is 844. The molecule has 3 saturated heterocycles. The predicted octanol–water partition coefficient (Wildman–Crippen LogP) is -4.07. The van der Waals surface area contributed by atoms with Crippen LogP contribution < -0.4 is 0 Å². The number of benzene rings is 1. The van der Waals surface area contributed by atoms with Crippen molar-refractivity contribution >= 4 is 0 Å². The second-order valence-electron chi connectivity index (χ2n) is 9.39. The Balaban J connectivity index is 1.44. The van der Waals surface area contributed by atoms with Crippen LogP contribution in [0.1, 0.15) is 5.56 Å². The molecule has 12 unspecified atom stereocenters. The number of rotatable bonds is 9. The first-order valence-corrected chi connectivity index (χ1v) is 11.9. The topological polar surface area (TPSA) is 217 Å². The lowest BCUT2D eigenvalue weighted by Crippen LogP contribution is -2.62. The number of ether oxygens (including phenoxy) is 6. The molecule has 3 aliphatic rings. The summed E-state index contributed by atoms with van der Waals surface area (Å²) in [6, 6.07) is 8.99. The minimum absolute atomic E-state index is 0.0188. The van der Waals surface area contributed by atoms with Crippen LogP contribution in [-0.2, 0) is 35.0 Å². The largest absolute Gasteiger partial charge is 0.393 e. The molecule has 210 valence electrons. The second-order valence-corrected chi connectivity index (χ2v) is 9.39. The maximum Gasteiger partial charge on any atom is 0.187 e. The first kappa shape index (κ1) is 28.7. The highest BCUT2D eigenvalue weighted by molar-refractivity contribution is 5.13. The van der Waals surface area contributed by atoms with Gasteiger partial charge in [0.1, 0.15) is 54.4 Å². The van der Waals surface area contributed by atoms with Crippen LogP contribution in [0.3, 0.4) is 0 Å². The van der Waals surface area contributed by atoms with Gasteiger partial charge in [0.25, 0.3) is 0 Å². The van der Waals surface area contributed by atoms with Gasteiger partial charge >= 0.3 is 0 Å². The van der Waals surface area contributed by atoms with Crippen LogP contribution in [0, 0.1) is 0 Å². The Morgan fingerprint density at radius 1 is 0.838 bits per heavy atom. The van der Waals surface area contributed by atoms with Crippen molar-refractivity contribution in [2.75, 3.05) is 26.4 Å². The molecule has 0 spiro atoms. The molecule has 12 atom stereocenters. The van der Waals surface area contributed by atoms with E-state index in [1.807, 2.05) is 6.07 Å². The average Bonchev–Trinajstić information content (AvgIpc) is 3.19. The molecular formula is C23H34O14. The van der Waals surface area contributed by atoms with Crippen LogP contribution in [-0.4, -0.2) is 141 Å². The molecule has 0 aliphatic carbocycles. The normalized spacial score (nSPS) is 44.7. The van der Waals surface area contributed by atoms with E-state index in [1.54, 1.807) is 24.3 Å². The van der Waals surface area contributed by atoms with Crippen molar-refractivity contribution in [2.45, 2.75) is 79.9 Å². The third-order valence-electron chi connectivity index (χ3n) is 6.65. The van der Waals surface area contributed by atoms with Crippen molar-refractivity contribution in [2.24, 2.45) is 0 Å². The van der Waals surface area contributed by atoms with Crippen LogP contribution in [0.5, 0.6) is 0 Å². The maximum absolute atomic E-state index is 10.9. The van der Waals surface area contributed by atoms with Crippen molar-refractivity contribution in [1.82, 2.24) is 0 Å². The first-order valence-electron chi connectivity index (χ1n) is 11.9. The van der Waals surface area contributed by atoms with Gasteiger partial charge in [-0.15, -0.1) is 0 Å². The molecule has 3 aliphatic heterocycles. The Labute approximate surface area is 212 Å². The average molecular weight is 535 g/mol. The molecule has 0 saturated carbocycles. The standard InChI is InChI=1S/C23H34O14/c24-9-23(31)10-35-22(19(23)30)37-18-16(28)15(27)13(8-34-20-17(29)14(26)12(25)7-33-20)36-21(18)32-6-11-4-2-1-3-5-11/h1-5,12-22,24-31H,6-10H2. The number of hydrogen-bond donors (Lipinski definition) is 8. The van der Waals surface area contributed by atoms with Gasteiger partial charge < -0.3 is 69.3 Å². The Hall–Kier alpha value is -1.34. The zero-order chi connectivity index (χ0) is 26.7. The van der Waals surface area contributed by atoms with Gasteiger partial charge in [-0.3, -0.25) is 0 Å². The SMILES string of the molecule is OCC1(O)COC(OC2C(OCc3ccccc3)OC(COC3OCC(O)C(O)C3O)C(O)C2O)C1O. The number of aliphatic hydroxyl groups is 8. The van der Waals surface area contributed by atoms with E-state index < -0.39 is 93.1 Å². The van der Waals surface area contributed by atoms with E-state index in [0.29, 0.717) is 0 Å². The lowest BCUT2D eigenvalue weighted by atomic mass is 9.98. The summed E-state index contributed by atoms with van der Waals surface area (Å²) in [5.74, 6) is 0. The summed E-state index contributed by atoms with van der Waals surface area (Å²) in [6.07, 6.45) is -16.0. The third-order valence-corrected chi connectivity index (χ3v) is 6.65. The molecule has 0 radical (unpaired) electrons. The fourth-order valence-corrected chi connectivity index (χ4v) is 4.25. The molecule has 3 fully saturated rings. The van der Waals surface area contributed by atoms with Crippen LogP contribution in [0.4, 0.5) is 0 Å². The zero-order valence-corrected chi connectivity index (χ0v) is 19.8. The molecular weight excluding hydrogens is 500 g/mol. The monoisotopic (exact) mass is 534 g/mol. The Morgan fingerprint density at radius 3 is 2.24 bits per heavy atom. The minimum atomic E-state index is -1.97. The van der Waals surface area contributed by atoms with E-state index >= 15 is 0 Å². The molecule has 1 aromatic carbocycles. The van der Waals surface area contributed by atoms with Crippen molar-refractivity contribution in [3.8, 4) is 0 Å². The van der Waals surface area contributed by atoms with Gasteiger partial charge in [-0.2, -0.15) is 0 Å². The van der Waals surface area contributed by atoms with Gasteiger partial charge in [0.05, 0.1) is 33.0 Å². The highest BCUT2D eigenvalue weighted by Gasteiger charge is 2.53. The Morgan fingerprint density at radius 2 is 1.57 bits per heavy atom. The van der Waals surface area contributed by atoms with E-state index in [0.717, 1.165) is 5.56 Å². The van der Waals surface area contributed by atoms with E-state index in [4.69, 9.17) is 28.4 Å². The fourth-order valence-electron chi connectivity index (χ4n) is 4.25. The smallest absolute Gasteiger partial charge is 0.187 e. The van der Waals surface area contributed by atoms with Gasteiger partial charge in [-0.1, -0.05) is 30.3 Å². The van der Waals surface area contributed by atoms with Crippen LogP contribution in [0.2, 0.25) is 0 Å². The van der Waals surface area contributed by atoms with E-state index in [-0.39, 0.29) is 13.2 Å². The van der Waals surface area contributed by atoms with Crippen molar-refractivity contribution < 1.29 is 69.3 Å². The number of aliphatic hydroxyl groups excluding tert-OH is 7. The quantitative estimate of drug-likeness (QED) is 0.151. The molecule has 0 bridgehead atoms. The molecule has 0 amide bonds. The van der Waals surface area contributed by atoms with Crippen molar-refractivity contribution in [3.63, 3.8) is 0 Å². The predicted molar refractivity (Wildman–Crippen MR) is 118 cm³/mol. The highest BCUT2D eigenvalue weighted by atomic mass is 16.8. The molecule has 1 aromatic rings. The van der Waals surface area contributed by atoms with E-state index in [2.05, 4.69) is 0 Å². The summed E-state index contributed by atoms with van der Waals surface area (Å²) < 4.78 is 33.2. The van der Waals surface area contributed by atoms with Crippen LogP contribution in [0.25, 0.3) is 0 Å². The van der Waals surface area contributed by atoms with Crippen LogP contribution >= 0.6 is 0 Å². The fraction of sp³-hybridized carbons (Fsp3) is 0.739. The van der Waals surface area contributed by atoms with E-state index in [9.17, 15) is 40.9 Å². The summed E-state index contributed by atoms with van der Waals surface area (Å²) in [5.41, 5.74) is -1.21. The van der Waals surface area contributed by atoms with Crippen LogP contribution in [0.15, 0.2) is 30.3 Å². The minimum Gasteiger partial charge on any atom is -0.393 e. The highest BCUT2D eigenvalue weighted by Crippen LogP contribution is 2.32. The first-order chi connectivity index (χ1) is 17.6. The van der Waals surface area contributed by atoms with Gasteiger partial charge in [-0.25, -0.2) is 0 Å². The summed E-state index contributed by atoms with van der Waals surface area (Å²) in [5, 5.41) is 81.0. The lowest BCUT2D eigenvalue weighted by Gasteiger charge is -2.43. The second kappa shape index (κ2) is 12.2. The summed E-state index contributed by atoms with van der Waals surface area (Å²) in [7, 11) is 0. The van der Waals surface area contributed by atoms with Crippen molar-refractivity contribution in [3.05, 3.63) is 35.9 Å². The molecule has 4 rings (SSSR count). The zero-order valence-electron chi connectivity index (χ0n) is 19.8. The van der Waals surface area contributed by atoms with Gasteiger partial charge in [0, 0.05) is 0 Å². The summed E-state index contributed by atoms with van der Waals surface area (Å²) in [6.45, 7) is -1.91. The lowest BCUT2D eigenvalue weighted by molar-refractivity contribution is -0.347. The Kier molecular flexibility index (Phi) is 9.48. The van der Waals surface area contributed by atoms with Gasteiger partial charge in [0.15, 0.2) is 18.9 Å². The molecule has 3 heterocycles. The van der Waals surface area contributed by atoms with Gasteiger partial charge in [0.2, 0.25) is 0 Å². The molecule has 14 heteroatoms.